The molecule has 2 amide bonds. The van der Waals surface area contributed by atoms with Crippen molar-refractivity contribution < 1.29 is 14.3 Å². The molecule has 1 atom stereocenters. The Kier molecular flexibility index (Phi) is 6.64. The molecule has 0 fully saturated rings. The fourth-order valence-corrected chi connectivity index (χ4v) is 1.74. The smallest absolute Gasteiger partial charge is 0.254 e. The van der Waals surface area contributed by atoms with E-state index in [-0.39, 0.29) is 11.8 Å². The Morgan fingerprint density at radius 1 is 1.38 bits per heavy atom. The monoisotopic (exact) mass is 294 g/mol. The first-order valence-corrected chi connectivity index (χ1v) is 6.64. The topological polar surface area (TPSA) is 105 Å². The number of carbonyl (C=O) groups is 2. The van der Waals surface area contributed by atoms with Gasteiger partial charge in [0.2, 0.25) is 5.91 Å². The predicted octanol–water partition coefficient (Wildman–Crippen LogP) is 0.162. The van der Waals surface area contributed by atoms with Crippen molar-refractivity contribution in [3.8, 4) is 0 Å². The molecule has 5 N–H and O–H groups in total. The van der Waals surface area contributed by atoms with Crippen LogP contribution in [0.15, 0.2) is 18.2 Å². The van der Waals surface area contributed by atoms with Gasteiger partial charge in [-0.05, 0) is 31.5 Å². The van der Waals surface area contributed by atoms with Gasteiger partial charge in [0, 0.05) is 13.7 Å². The first-order chi connectivity index (χ1) is 9.99. The normalized spacial score (nSPS) is 11.6. The number of hydrogen-bond acceptors (Lipinski definition) is 5. The summed E-state index contributed by atoms with van der Waals surface area (Å²) < 4.78 is 4.84. The number of hydrazine groups is 1. The lowest BCUT2D eigenvalue weighted by molar-refractivity contribution is -0.122. The lowest BCUT2D eigenvalue weighted by Crippen LogP contribution is -2.45. The predicted molar refractivity (Wildman–Crippen MR) is 80.8 cm³/mol. The summed E-state index contributed by atoms with van der Waals surface area (Å²) in [6, 6.07) is 4.58. The number of nitrogens with one attached hydrogen (secondary N) is 3. The summed E-state index contributed by atoms with van der Waals surface area (Å²) in [6.07, 6.45) is 0. The molecule has 0 saturated carbocycles. The van der Waals surface area contributed by atoms with E-state index in [1.165, 1.54) is 0 Å². The van der Waals surface area contributed by atoms with Gasteiger partial charge in [-0.2, -0.15) is 0 Å². The SMILES string of the molecule is COCCNC(=O)C(C)NC(=O)c1ccc(C)cc1NN. The Labute approximate surface area is 124 Å². The lowest BCUT2D eigenvalue weighted by Gasteiger charge is -2.15. The number of benzene rings is 1. The van der Waals surface area contributed by atoms with E-state index in [9.17, 15) is 9.59 Å². The van der Waals surface area contributed by atoms with Gasteiger partial charge in [-0.3, -0.25) is 15.4 Å². The molecule has 1 unspecified atom stereocenters. The van der Waals surface area contributed by atoms with Gasteiger partial charge in [-0.15, -0.1) is 0 Å². The summed E-state index contributed by atoms with van der Waals surface area (Å²) in [5.41, 5.74) is 4.36. The fourth-order valence-electron chi connectivity index (χ4n) is 1.74. The lowest BCUT2D eigenvalue weighted by atomic mass is 10.1. The van der Waals surface area contributed by atoms with Gasteiger partial charge in [0.25, 0.3) is 5.91 Å². The first kappa shape index (κ1) is 16.9. The summed E-state index contributed by atoms with van der Waals surface area (Å²) in [7, 11) is 1.55. The molecule has 0 aliphatic heterocycles. The second-order valence-electron chi connectivity index (χ2n) is 4.67. The quantitative estimate of drug-likeness (QED) is 0.326. The van der Waals surface area contributed by atoms with Crippen LogP contribution in [0, 0.1) is 6.92 Å². The average Bonchev–Trinajstić information content (AvgIpc) is 2.46. The standard InChI is InChI=1S/C14H22N4O3/c1-9-4-5-11(12(8-9)18-15)14(20)17-10(2)13(19)16-6-7-21-3/h4-5,8,10,18H,6-7,15H2,1-3H3,(H,16,19)(H,17,20). The van der Waals surface area contributed by atoms with Crippen molar-refractivity contribution >= 4 is 17.5 Å². The molecule has 1 aromatic carbocycles. The summed E-state index contributed by atoms with van der Waals surface area (Å²) in [5.74, 6) is 4.77. The van der Waals surface area contributed by atoms with Crippen LogP contribution < -0.4 is 21.9 Å². The molecule has 21 heavy (non-hydrogen) atoms. The number of nitrogens with two attached hydrogens (primary N) is 1. The molecule has 0 heterocycles. The van der Waals surface area contributed by atoms with Crippen LogP contribution in [0.3, 0.4) is 0 Å². The highest BCUT2D eigenvalue weighted by molar-refractivity contribution is 6.01. The maximum absolute atomic E-state index is 12.2. The van der Waals surface area contributed by atoms with Crippen LogP contribution in [-0.4, -0.2) is 38.1 Å². The molecule has 0 aliphatic carbocycles. The number of anilines is 1. The second-order valence-corrected chi connectivity index (χ2v) is 4.67. The minimum atomic E-state index is -0.652. The van der Waals surface area contributed by atoms with Crippen molar-refractivity contribution in [2.24, 2.45) is 5.84 Å². The van der Waals surface area contributed by atoms with E-state index in [2.05, 4.69) is 16.1 Å². The van der Waals surface area contributed by atoms with Crippen molar-refractivity contribution in [1.82, 2.24) is 10.6 Å². The second kappa shape index (κ2) is 8.23. The summed E-state index contributed by atoms with van der Waals surface area (Å²) in [6.45, 7) is 4.33. The van der Waals surface area contributed by atoms with E-state index in [0.717, 1.165) is 5.56 Å². The number of hydrogen-bond donors (Lipinski definition) is 4. The molecule has 0 aliphatic rings. The molecule has 0 spiro atoms. The van der Waals surface area contributed by atoms with Crippen LogP contribution in [0.4, 0.5) is 5.69 Å². The van der Waals surface area contributed by atoms with E-state index >= 15 is 0 Å². The molecule has 0 radical (unpaired) electrons. The number of aryl methyl sites for hydroxylation is 1. The minimum absolute atomic E-state index is 0.269. The molecule has 7 heteroatoms. The van der Waals surface area contributed by atoms with E-state index in [4.69, 9.17) is 10.6 Å². The third-order valence-corrected chi connectivity index (χ3v) is 2.92. The molecule has 7 nitrogen and oxygen atoms in total. The van der Waals surface area contributed by atoms with E-state index < -0.39 is 6.04 Å². The van der Waals surface area contributed by atoms with Crippen LogP contribution in [-0.2, 0) is 9.53 Å². The van der Waals surface area contributed by atoms with Gasteiger partial charge >= 0.3 is 0 Å². The third-order valence-electron chi connectivity index (χ3n) is 2.92. The zero-order valence-electron chi connectivity index (χ0n) is 12.5. The molecular formula is C14H22N4O3. The Hall–Kier alpha value is -2.12. The van der Waals surface area contributed by atoms with Crippen LogP contribution in [0.25, 0.3) is 0 Å². The summed E-state index contributed by atoms with van der Waals surface area (Å²) >= 11 is 0. The van der Waals surface area contributed by atoms with E-state index in [0.29, 0.717) is 24.4 Å². The molecule has 116 valence electrons. The third kappa shape index (κ3) is 5.05. The summed E-state index contributed by atoms with van der Waals surface area (Å²) in [5, 5.41) is 5.29. The van der Waals surface area contributed by atoms with Crippen molar-refractivity contribution in [1.29, 1.82) is 0 Å². The van der Waals surface area contributed by atoms with Crippen LogP contribution >= 0.6 is 0 Å². The Balaban J connectivity index is 2.66. The molecule has 1 aromatic rings. The van der Waals surface area contributed by atoms with Gasteiger partial charge in [0.1, 0.15) is 6.04 Å². The van der Waals surface area contributed by atoms with Crippen molar-refractivity contribution in [3.05, 3.63) is 29.3 Å². The largest absolute Gasteiger partial charge is 0.383 e. The van der Waals surface area contributed by atoms with Gasteiger partial charge < -0.3 is 20.8 Å². The highest BCUT2D eigenvalue weighted by atomic mass is 16.5. The van der Waals surface area contributed by atoms with Crippen LogP contribution in [0.1, 0.15) is 22.8 Å². The zero-order valence-corrected chi connectivity index (χ0v) is 12.5. The van der Waals surface area contributed by atoms with Gasteiger partial charge in [0.15, 0.2) is 0 Å². The van der Waals surface area contributed by atoms with Gasteiger partial charge in [0.05, 0.1) is 17.9 Å². The molecule has 0 saturated heterocycles. The number of rotatable bonds is 7. The molecular weight excluding hydrogens is 272 g/mol. The fraction of sp³-hybridized carbons (Fsp3) is 0.429. The Bertz CT molecular complexity index is 505. The van der Waals surface area contributed by atoms with Crippen LogP contribution in [0.5, 0.6) is 0 Å². The zero-order chi connectivity index (χ0) is 15.8. The van der Waals surface area contributed by atoms with Crippen molar-refractivity contribution in [2.75, 3.05) is 25.7 Å². The summed E-state index contributed by atoms with van der Waals surface area (Å²) in [4.78, 5) is 23.9. The Morgan fingerprint density at radius 3 is 2.71 bits per heavy atom. The van der Waals surface area contributed by atoms with Gasteiger partial charge in [-0.25, -0.2) is 0 Å². The highest BCUT2D eigenvalue weighted by Crippen LogP contribution is 2.16. The number of nitrogen functional groups attached to an aromatic ring is 1. The van der Waals surface area contributed by atoms with Crippen molar-refractivity contribution in [2.45, 2.75) is 19.9 Å². The number of methoxy groups -OCH3 is 1. The average molecular weight is 294 g/mol. The van der Waals surface area contributed by atoms with Crippen LogP contribution in [0.2, 0.25) is 0 Å². The number of amides is 2. The molecule has 0 bridgehead atoms. The number of carbonyl (C=O) groups excluding carboxylic acids is 2. The number of ether oxygens (including phenoxy) is 1. The highest BCUT2D eigenvalue weighted by Gasteiger charge is 2.18. The maximum Gasteiger partial charge on any atom is 0.254 e. The van der Waals surface area contributed by atoms with Crippen molar-refractivity contribution in [3.63, 3.8) is 0 Å². The minimum Gasteiger partial charge on any atom is -0.383 e. The first-order valence-electron chi connectivity index (χ1n) is 6.64. The Morgan fingerprint density at radius 2 is 2.10 bits per heavy atom. The van der Waals surface area contributed by atoms with E-state index in [1.807, 2.05) is 6.92 Å². The van der Waals surface area contributed by atoms with Gasteiger partial charge in [-0.1, -0.05) is 6.07 Å². The maximum atomic E-state index is 12.2. The van der Waals surface area contributed by atoms with E-state index in [1.54, 1.807) is 32.2 Å². The molecule has 0 aromatic heterocycles. The molecule has 1 rings (SSSR count).